The van der Waals surface area contributed by atoms with Crippen molar-refractivity contribution in [3.63, 3.8) is 0 Å². The number of carbonyl (C=O) groups excluding carboxylic acids is 2. The molecule has 0 unspecified atom stereocenters. The van der Waals surface area contributed by atoms with E-state index in [9.17, 15) is 9.59 Å². The Bertz CT molecular complexity index is 699. The van der Waals surface area contributed by atoms with Crippen LogP contribution >= 0.6 is 11.8 Å². The highest BCUT2D eigenvalue weighted by molar-refractivity contribution is 7.98. The van der Waals surface area contributed by atoms with Crippen molar-refractivity contribution in [2.24, 2.45) is 0 Å². The Kier molecular flexibility index (Phi) is 3.61. The predicted molar refractivity (Wildman–Crippen MR) is 79.2 cm³/mol. The van der Waals surface area contributed by atoms with Gasteiger partial charge in [-0.2, -0.15) is 0 Å². The van der Waals surface area contributed by atoms with E-state index in [0.29, 0.717) is 11.6 Å². The first-order valence-corrected chi connectivity index (χ1v) is 7.54. The molecule has 8 heteroatoms. The van der Waals surface area contributed by atoms with Gasteiger partial charge in [-0.3, -0.25) is 19.5 Å². The summed E-state index contributed by atoms with van der Waals surface area (Å²) in [5.74, 6) is -0.207. The zero-order chi connectivity index (χ0) is 14.8. The zero-order valence-corrected chi connectivity index (χ0v) is 12.1. The van der Waals surface area contributed by atoms with Crippen LogP contribution in [0.3, 0.4) is 0 Å². The minimum absolute atomic E-state index is 0.0685. The van der Waals surface area contributed by atoms with E-state index < -0.39 is 6.04 Å². The fourth-order valence-electron chi connectivity index (χ4n) is 2.16. The van der Waals surface area contributed by atoms with Gasteiger partial charge in [0.25, 0.3) is 0 Å². The first-order chi connectivity index (χ1) is 10.2. The maximum Gasteiger partial charge on any atom is 0.248 e. The standard InChI is InChI=1S/C13H13N5O2S/c1-21-9-4-2-3-8(5-9)15-12(20)10-6-11(19)16-13-17-14-7-18(10)13/h2-5,7,10H,6H2,1H3,(H,15,20)(H,16,17,19)/t10-/m0/s1. The molecule has 0 radical (unpaired) electrons. The lowest BCUT2D eigenvalue weighted by Gasteiger charge is -2.23. The molecule has 0 bridgehead atoms. The van der Waals surface area contributed by atoms with Gasteiger partial charge in [0.1, 0.15) is 12.4 Å². The van der Waals surface area contributed by atoms with Crippen LogP contribution in [0, 0.1) is 0 Å². The van der Waals surface area contributed by atoms with Crippen LogP contribution in [0.15, 0.2) is 35.5 Å². The summed E-state index contributed by atoms with van der Waals surface area (Å²) in [5.41, 5.74) is 0.701. The van der Waals surface area contributed by atoms with Gasteiger partial charge in [-0.05, 0) is 24.5 Å². The number of fused-ring (bicyclic) bond motifs is 1. The number of rotatable bonds is 3. The molecule has 3 rings (SSSR count). The first-order valence-electron chi connectivity index (χ1n) is 6.31. The molecular weight excluding hydrogens is 290 g/mol. The molecule has 2 heterocycles. The summed E-state index contributed by atoms with van der Waals surface area (Å²) >= 11 is 1.60. The van der Waals surface area contributed by atoms with Crippen LogP contribution in [0.5, 0.6) is 0 Å². The molecule has 0 aliphatic carbocycles. The maximum absolute atomic E-state index is 12.4. The minimum Gasteiger partial charge on any atom is -0.324 e. The molecule has 108 valence electrons. The molecule has 7 nitrogen and oxygen atoms in total. The minimum atomic E-state index is -0.637. The quantitative estimate of drug-likeness (QED) is 0.839. The Morgan fingerprint density at radius 1 is 1.52 bits per heavy atom. The lowest BCUT2D eigenvalue weighted by Crippen LogP contribution is -2.35. The molecule has 2 N–H and O–H groups in total. The van der Waals surface area contributed by atoms with Crippen molar-refractivity contribution in [2.45, 2.75) is 17.4 Å². The molecular formula is C13H13N5O2S. The first kappa shape index (κ1) is 13.6. The highest BCUT2D eigenvalue weighted by atomic mass is 32.2. The molecule has 2 amide bonds. The number of thioether (sulfide) groups is 1. The Balaban J connectivity index is 1.81. The summed E-state index contributed by atoms with van der Waals surface area (Å²) in [5, 5.41) is 12.9. The van der Waals surface area contributed by atoms with Crippen molar-refractivity contribution in [1.29, 1.82) is 0 Å². The fraction of sp³-hybridized carbons (Fsp3) is 0.231. The van der Waals surface area contributed by atoms with Crippen molar-refractivity contribution in [3.05, 3.63) is 30.6 Å². The summed E-state index contributed by atoms with van der Waals surface area (Å²) in [6, 6.07) is 6.90. The number of nitrogens with zero attached hydrogens (tertiary/aromatic N) is 3. The van der Waals surface area contributed by atoms with E-state index in [4.69, 9.17) is 0 Å². The summed E-state index contributed by atoms with van der Waals surface area (Å²) in [4.78, 5) is 25.1. The van der Waals surface area contributed by atoms with Gasteiger partial charge in [-0.25, -0.2) is 0 Å². The topological polar surface area (TPSA) is 88.9 Å². The van der Waals surface area contributed by atoms with Crippen molar-refractivity contribution < 1.29 is 9.59 Å². The average Bonchev–Trinajstić information content (AvgIpc) is 2.94. The van der Waals surface area contributed by atoms with Gasteiger partial charge in [-0.15, -0.1) is 22.0 Å². The number of aromatic nitrogens is 3. The smallest absolute Gasteiger partial charge is 0.248 e. The molecule has 1 atom stereocenters. The molecule has 2 aromatic rings. The molecule has 0 saturated carbocycles. The SMILES string of the molecule is CSc1cccc(NC(=O)[C@@H]2CC(=O)Nc3nncn32)c1. The van der Waals surface area contributed by atoms with E-state index in [-0.39, 0.29) is 18.2 Å². The van der Waals surface area contributed by atoms with Gasteiger partial charge in [0, 0.05) is 10.6 Å². The van der Waals surface area contributed by atoms with E-state index >= 15 is 0 Å². The molecule has 1 aromatic heterocycles. The van der Waals surface area contributed by atoms with Gasteiger partial charge in [0.05, 0.1) is 6.42 Å². The Hall–Kier alpha value is -2.35. The summed E-state index contributed by atoms with van der Waals surface area (Å²) in [7, 11) is 0. The number of anilines is 2. The Morgan fingerprint density at radius 2 is 2.38 bits per heavy atom. The molecule has 21 heavy (non-hydrogen) atoms. The van der Waals surface area contributed by atoms with Crippen molar-refractivity contribution >= 4 is 35.2 Å². The second-order valence-electron chi connectivity index (χ2n) is 4.55. The van der Waals surface area contributed by atoms with Crippen LogP contribution in [-0.2, 0) is 9.59 Å². The molecule has 0 fully saturated rings. The second-order valence-corrected chi connectivity index (χ2v) is 5.43. The normalized spacial score (nSPS) is 17.0. The number of carbonyl (C=O) groups is 2. The number of hydrogen-bond acceptors (Lipinski definition) is 5. The highest BCUT2D eigenvalue weighted by Gasteiger charge is 2.31. The van der Waals surface area contributed by atoms with Crippen LogP contribution in [0.4, 0.5) is 11.6 Å². The van der Waals surface area contributed by atoms with Crippen molar-refractivity contribution in [1.82, 2.24) is 14.8 Å². The van der Waals surface area contributed by atoms with Crippen LogP contribution in [0.1, 0.15) is 12.5 Å². The van der Waals surface area contributed by atoms with E-state index in [2.05, 4.69) is 20.8 Å². The summed E-state index contributed by atoms with van der Waals surface area (Å²) in [6.45, 7) is 0. The average molecular weight is 303 g/mol. The van der Waals surface area contributed by atoms with Gasteiger partial charge < -0.3 is 5.32 Å². The predicted octanol–water partition coefficient (Wildman–Crippen LogP) is 1.52. The van der Waals surface area contributed by atoms with E-state index in [1.54, 1.807) is 16.3 Å². The number of amides is 2. The highest BCUT2D eigenvalue weighted by Crippen LogP contribution is 2.25. The van der Waals surface area contributed by atoms with Crippen LogP contribution < -0.4 is 10.6 Å². The monoisotopic (exact) mass is 303 g/mol. The van der Waals surface area contributed by atoms with Crippen molar-refractivity contribution in [2.75, 3.05) is 16.9 Å². The fourth-order valence-corrected chi connectivity index (χ4v) is 2.61. The molecule has 1 aliphatic heterocycles. The van der Waals surface area contributed by atoms with Gasteiger partial charge >= 0.3 is 0 Å². The van der Waals surface area contributed by atoms with Crippen molar-refractivity contribution in [3.8, 4) is 0 Å². The zero-order valence-electron chi connectivity index (χ0n) is 11.2. The van der Waals surface area contributed by atoms with Crippen LogP contribution in [-0.4, -0.2) is 32.8 Å². The van der Waals surface area contributed by atoms with E-state index in [1.807, 2.05) is 30.5 Å². The third-order valence-corrected chi connectivity index (χ3v) is 3.90. The summed E-state index contributed by atoms with van der Waals surface area (Å²) in [6.07, 6.45) is 3.48. The van der Waals surface area contributed by atoms with E-state index in [1.165, 1.54) is 6.33 Å². The third kappa shape index (κ3) is 2.75. The lowest BCUT2D eigenvalue weighted by molar-refractivity contribution is -0.125. The van der Waals surface area contributed by atoms with Crippen LogP contribution in [0.2, 0.25) is 0 Å². The number of nitrogens with one attached hydrogen (secondary N) is 2. The number of benzene rings is 1. The second kappa shape index (κ2) is 5.57. The molecule has 0 spiro atoms. The van der Waals surface area contributed by atoms with Gasteiger partial charge in [0.2, 0.25) is 17.8 Å². The van der Waals surface area contributed by atoms with Gasteiger partial charge in [0.15, 0.2) is 0 Å². The number of hydrogen-bond donors (Lipinski definition) is 2. The lowest BCUT2D eigenvalue weighted by atomic mass is 10.1. The van der Waals surface area contributed by atoms with E-state index in [0.717, 1.165) is 4.90 Å². The molecule has 1 aliphatic rings. The third-order valence-electron chi connectivity index (χ3n) is 3.18. The Labute approximate surface area is 125 Å². The van der Waals surface area contributed by atoms with Crippen LogP contribution in [0.25, 0.3) is 0 Å². The summed E-state index contributed by atoms with van der Waals surface area (Å²) < 4.78 is 1.56. The maximum atomic E-state index is 12.4. The van der Waals surface area contributed by atoms with Gasteiger partial charge in [-0.1, -0.05) is 6.07 Å². The largest absolute Gasteiger partial charge is 0.324 e. The Morgan fingerprint density at radius 3 is 3.19 bits per heavy atom. The molecule has 1 aromatic carbocycles. The molecule has 0 saturated heterocycles.